The van der Waals surface area contributed by atoms with E-state index in [0.29, 0.717) is 6.04 Å². The van der Waals surface area contributed by atoms with Gasteiger partial charge in [-0.05, 0) is 32.5 Å². The lowest BCUT2D eigenvalue weighted by molar-refractivity contribution is 0.274. The number of hydrogen-bond acceptors (Lipinski definition) is 2. The van der Waals surface area contributed by atoms with Crippen molar-refractivity contribution in [1.29, 1.82) is 0 Å². The van der Waals surface area contributed by atoms with E-state index in [1.807, 2.05) is 0 Å². The lowest BCUT2D eigenvalue weighted by Gasteiger charge is -2.27. The molecule has 0 aromatic heterocycles. The molecule has 2 heteroatoms. The Balaban J connectivity index is 3.61. The Morgan fingerprint density at radius 1 is 1.27 bits per heavy atom. The fourth-order valence-electron chi connectivity index (χ4n) is 0.830. The summed E-state index contributed by atoms with van der Waals surface area (Å²) < 4.78 is 0. The van der Waals surface area contributed by atoms with Crippen molar-refractivity contribution < 1.29 is 0 Å². The molecule has 0 spiro atoms. The summed E-state index contributed by atoms with van der Waals surface area (Å²) in [4.78, 5) is 2.17. The molecule has 2 nitrogen and oxygen atoms in total. The Morgan fingerprint density at radius 2 is 1.73 bits per heavy atom. The molecule has 0 fully saturated rings. The van der Waals surface area contributed by atoms with Crippen LogP contribution in [0.4, 0.5) is 0 Å². The summed E-state index contributed by atoms with van der Waals surface area (Å²) in [5, 5.41) is 0. The average molecular weight is 158 g/mol. The van der Waals surface area contributed by atoms with E-state index in [1.54, 1.807) is 0 Å². The third-order valence-electron chi connectivity index (χ3n) is 2.00. The fraction of sp³-hybridized carbons (Fsp3) is 1.00. The Kier molecular flexibility index (Phi) is 4.04. The first kappa shape index (κ1) is 10.9. The van der Waals surface area contributed by atoms with E-state index in [9.17, 15) is 0 Å². The zero-order valence-corrected chi connectivity index (χ0v) is 8.52. The van der Waals surface area contributed by atoms with Crippen LogP contribution in [0.15, 0.2) is 0 Å². The third-order valence-corrected chi connectivity index (χ3v) is 2.00. The molecule has 11 heavy (non-hydrogen) atoms. The van der Waals surface area contributed by atoms with Crippen molar-refractivity contribution in [1.82, 2.24) is 4.90 Å². The maximum absolute atomic E-state index is 5.97. The third kappa shape index (κ3) is 5.22. The van der Waals surface area contributed by atoms with Crippen LogP contribution < -0.4 is 5.73 Å². The second kappa shape index (κ2) is 4.07. The van der Waals surface area contributed by atoms with Crippen LogP contribution in [0.1, 0.15) is 27.2 Å². The predicted molar refractivity (Wildman–Crippen MR) is 50.6 cm³/mol. The highest BCUT2D eigenvalue weighted by Crippen LogP contribution is 2.19. The zero-order chi connectivity index (χ0) is 9.07. The molecule has 0 radical (unpaired) electrons. The van der Waals surface area contributed by atoms with Gasteiger partial charge in [0.25, 0.3) is 0 Å². The molecule has 0 aromatic rings. The minimum atomic E-state index is 0.246. The Bertz CT molecular complexity index is 103. The van der Waals surface area contributed by atoms with Gasteiger partial charge in [-0.25, -0.2) is 0 Å². The van der Waals surface area contributed by atoms with Crippen molar-refractivity contribution in [3.63, 3.8) is 0 Å². The summed E-state index contributed by atoms with van der Waals surface area (Å²) in [5.74, 6) is 0. The minimum Gasteiger partial charge on any atom is -0.327 e. The summed E-state index contributed by atoms with van der Waals surface area (Å²) in [5.41, 5.74) is 6.22. The van der Waals surface area contributed by atoms with E-state index in [-0.39, 0.29) is 5.41 Å². The monoisotopic (exact) mass is 158 g/mol. The van der Waals surface area contributed by atoms with Crippen molar-refractivity contribution >= 4 is 0 Å². The van der Waals surface area contributed by atoms with Crippen molar-refractivity contribution in [3.8, 4) is 0 Å². The quantitative estimate of drug-likeness (QED) is 0.671. The van der Waals surface area contributed by atoms with Gasteiger partial charge in [0.1, 0.15) is 0 Å². The van der Waals surface area contributed by atoms with Gasteiger partial charge in [0, 0.05) is 6.04 Å². The van der Waals surface area contributed by atoms with Crippen LogP contribution in [0, 0.1) is 5.41 Å². The predicted octanol–water partition coefficient (Wildman–Crippen LogP) is 1.31. The lowest BCUT2D eigenvalue weighted by Crippen LogP contribution is -2.37. The summed E-state index contributed by atoms with van der Waals surface area (Å²) in [6, 6.07) is 0.310. The van der Waals surface area contributed by atoms with Gasteiger partial charge in [-0.3, -0.25) is 0 Å². The molecule has 0 amide bonds. The first-order chi connectivity index (χ1) is 4.84. The first-order valence-electron chi connectivity index (χ1n) is 4.24. The topological polar surface area (TPSA) is 29.3 Å². The molecule has 0 heterocycles. The highest BCUT2D eigenvalue weighted by Gasteiger charge is 2.19. The van der Waals surface area contributed by atoms with E-state index in [0.717, 1.165) is 13.0 Å². The van der Waals surface area contributed by atoms with Crippen LogP contribution in [0.25, 0.3) is 0 Å². The van der Waals surface area contributed by atoms with Gasteiger partial charge in [0.05, 0.1) is 0 Å². The van der Waals surface area contributed by atoms with Crippen LogP contribution in [0.3, 0.4) is 0 Å². The molecule has 0 saturated carbocycles. The minimum absolute atomic E-state index is 0.246. The zero-order valence-electron chi connectivity index (χ0n) is 8.52. The molecule has 0 aliphatic rings. The van der Waals surface area contributed by atoms with Crippen LogP contribution in [0.2, 0.25) is 0 Å². The van der Waals surface area contributed by atoms with Gasteiger partial charge in [0.2, 0.25) is 0 Å². The molecule has 0 bridgehead atoms. The van der Waals surface area contributed by atoms with E-state index < -0.39 is 0 Å². The summed E-state index contributed by atoms with van der Waals surface area (Å²) in [6.07, 6.45) is 1.08. The highest BCUT2D eigenvalue weighted by molar-refractivity contribution is 4.77. The second-order valence-electron chi connectivity index (χ2n) is 4.56. The van der Waals surface area contributed by atoms with Crippen molar-refractivity contribution in [2.24, 2.45) is 11.1 Å². The maximum Gasteiger partial charge on any atom is 0.00998 e. The van der Waals surface area contributed by atoms with Gasteiger partial charge >= 0.3 is 0 Å². The fourth-order valence-corrected chi connectivity index (χ4v) is 0.830. The molecular formula is C9H22N2. The van der Waals surface area contributed by atoms with E-state index in [1.165, 1.54) is 0 Å². The van der Waals surface area contributed by atoms with Gasteiger partial charge < -0.3 is 10.6 Å². The van der Waals surface area contributed by atoms with E-state index >= 15 is 0 Å². The average Bonchev–Trinajstić information content (AvgIpc) is 1.80. The molecule has 0 aliphatic carbocycles. The van der Waals surface area contributed by atoms with Gasteiger partial charge in [-0.1, -0.05) is 20.8 Å². The van der Waals surface area contributed by atoms with Crippen LogP contribution >= 0.6 is 0 Å². The Labute approximate surface area is 70.8 Å². The van der Waals surface area contributed by atoms with Gasteiger partial charge in [-0.15, -0.1) is 0 Å². The molecule has 68 valence electrons. The van der Waals surface area contributed by atoms with Crippen molar-refractivity contribution in [2.75, 3.05) is 20.6 Å². The maximum atomic E-state index is 5.97. The molecule has 0 aromatic carbocycles. The SMILES string of the molecule is CN(C)CC[C@H](N)C(C)(C)C. The molecule has 2 N–H and O–H groups in total. The highest BCUT2D eigenvalue weighted by atomic mass is 15.0. The summed E-state index contributed by atoms with van der Waals surface area (Å²) >= 11 is 0. The largest absolute Gasteiger partial charge is 0.327 e. The number of nitrogens with zero attached hydrogens (tertiary/aromatic N) is 1. The number of hydrogen-bond donors (Lipinski definition) is 1. The van der Waals surface area contributed by atoms with Crippen molar-refractivity contribution in [3.05, 3.63) is 0 Å². The van der Waals surface area contributed by atoms with Gasteiger partial charge in [-0.2, -0.15) is 0 Å². The Hall–Kier alpha value is -0.0800. The van der Waals surface area contributed by atoms with Crippen LogP contribution in [0.5, 0.6) is 0 Å². The van der Waals surface area contributed by atoms with Gasteiger partial charge in [0.15, 0.2) is 0 Å². The number of nitrogens with two attached hydrogens (primary N) is 1. The normalized spacial score (nSPS) is 15.5. The first-order valence-corrected chi connectivity index (χ1v) is 4.24. The summed E-state index contributed by atoms with van der Waals surface area (Å²) in [6.45, 7) is 7.65. The Morgan fingerprint density at radius 3 is 2.00 bits per heavy atom. The number of rotatable bonds is 3. The summed E-state index contributed by atoms with van der Waals surface area (Å²) in [7, 11) is 4.16. The second-order valence-corrected chi connectivity index (χ2v) is 4.56. The van der Waals surface area contributed by atoms with Crippen molar-refractivity contribution in [2.45, 2.75) is 33.2 Å². The molecule has 0 rings (SSSR count). The van der Waals surface area contributed by atoms with Crippen LogP contribution in [-0.4, -0.2) is 31.6 Å². The molecule has 0 saturated heterocycles. The molecular weight excluding hydrogens is 136 g/mol. The standard InChI is InChI=1S/C9H22N2/c1-9(2,3)8(10)6-7-11(4)5/h8H,6-7,10H2,1-5H3/t8-/m0/s1. The molecule has 1 atom stereocenters. The molecule has 0 unspecified atom stereocenters. The smallest absolute Gasteiger partial charge is 0.00998 e. The molecule has 0 aliphatic heterocycles. The van der Waals surface area contributed by atoms with E-state index in [4.69, 9.17) is 5.73 Å². The van der Waals surface area contributed by atoms with E-state index in [2.05, 4.69) is 39.8 Å². The lowest BCUT2D eigenvalue weighted by atomic mass is 9.85. The van der Waals surface area contributed by atoms with Crippen LogP contribution in [-0.2, 0) is 0 Å².